The van der Waals surface area contributed by atoms with Crippen LogP contribution in [0.15, 0.2) is 24.3 Å². The van der Waals surface area contributed by atoms with Gasteiger partial charge in [0, 0.05) is 0 Å². The molecule has 1 aromatic carbocycles. The molecule has 0 heterocycles. The first-order chi connectivity index (χ1) is 7.50. The molecule has 5 heteroatoms. The zero-order valence-electron chi connectivity index (χ0n) is 8.39. The Bertz CT molecular complexity index is 403. The lowest BCUT2D eigenvalue weighted by molar-refractivity contribution is -0.148. The fraction of sp³-hybridized carbons (Fsp3) is 0.273. The molecule has 0 aliphatic carbocycles. The van der Waals surface area contributed by atoms with Crippen LogP contribution in [0, 0.1) is 11.7 Å². The minimum atomic E-state index is -1.23. The molecule has 2 N–H and O–H groups in total. The van der Waals surface area contributed by atoms with E-state index in [0.717, 1.165) is 0 Å². The Morgan fingerprint density at radius 1 is 1.25 bits per heavy atom. The summed E-state index contributed by atoms with van der Waals surface area (Å²) < 4.78 is 13.2. The number of hydrogen-bond donors (Lipinski definition) is 2. The number of carboxylic acid groups (broad SMARTS) is 2. The van der Waals surface area contributed by atoms with Crippen LogP contribution in [-0.2, 0) is 16.0 Å². The van der Waals surface area contributed by atoms with E-state index in [0.29, 0.717) is 0 Å². The number of carbonyl (C=O) groups is 2. The van der Waals surface area contributed by atoms with Gasteiger partial charge < -0.3 is 10.2 Å². The molecular weight excluding hydrogens is 215 g/mol. The van der Waals surface area contributed by atoms with Crippen LogP contribution in [-0.4, -0.2) is 22.2 Å². The topological polar surface area (TPSA) is 74.6 Å². The van der Waals surface area contributed by atoms with Crippen LogP contribution in [0.2, 0.25) is 0 Å². The molecule has 0 unspecified atom stereocenters. The van der Waals surface area contributed by atoms with Gasteiger partial charge in [-0.15, -0.1) is 0 Å². The highest BCUT2D eigenvalue weighted by Crippen LogP contribution is 2.15. The summed E-state index contributed by atoms with van der Waals surface area (Å²) in [6.45, 7) is 0. The second-order valence-corrected chi connectivity index (χ2v) is 3.43. The standard InChI is InChI=1S/C11H11FO4/c12-9-4-2-1-3-7(9)5-8(11(15)16)6-10(13)14/h1-4,8H,5-6H2,(H,13,14)(H,15,16)/t8-/m0/s1. The summed E-state index contributed by atoms with van der Waals surface area (Å²) in [7, 11) is 0. The van der Waals surface area contributed by atoms with E-state index in [1.807, 2.05) is 0 Å². The Morgan fingerprint density at radius 2 is 1.88 bits per heavy atom. The molecule has 1 aromatic rings. The highest BCUT2D eigenvalue weighted by atomic mass is 19.1. The highest BCUT2D eigenvalue weighted by molar-refractivity contribution is 5.78. The SMILES string of the molecule is O=C(O)C[C@H](Cc1ccccc1F)C(=O)O. The zero-order chi connectivity index (χ0) is 12.1. The average Bonchev–Trinajstić information content (AvgIpc) is 2.19. The molecule has 1 atom stereocenters. The van der Waals surface area contributed by atoms with Gasteiger partial charge in [0.1, 0.15) is 5.82 Å². The first-order valence-corrected chi connectivity index (χ1v) is 4.68. The van der Waals surface area contributed by atoms with Crippen molar-refractivity contribution in [1.82, 2.24) is 0 Å². The smallest absolute Gasteiger partial charge is 0.307 e. The summed E-state index contributed by atoms with van der Waals surface area (Å²) in [6, 6.07) is 5.74. The molecule has 0 fully saturated rings. The fourth-order valence-electron chi connectivity index (χ4n) is 1.39. The van der Waals surface area contributed by atoms with Crippen LogP contribution in [0.1, 0.15) is 12.0 Å². The number of hydrogen-bond acceptors (Lipinski definition) is 2. The van der Waals surface area contributed by atoms with Crippen molar-refractivity contribution in [3.8, 4) is 0 Å². The van der Waals surface area contributed by atoms with Crippen LogP contribution >= 0.6 is 0 Å². The minimum absolute atomic E-state index is 0.117. The summed E-state index contributed by atoms with van der Waals surface area (Å²) >= 11 is 0. The van der Waals surface area contributed by atoms with Crippen molar-refractivity contribution in [2.75, 3.05) is 0 Å². The Hall–Kier alpha value is -1.91. The Morgan fingerprint density at radius 3 is 2.38 bits per heavy atom. The van der Waals surface area contributed by atoms with Gasteiger partial charge in [0.05, 0.1) is 12.3 Å². The fourth-order valence-corrected chi connectivity index (χ4v) is 1.39. The first kappa shape index (κ1) is 12.2. The van der Waals surface area contributed by atoms with Crippen LogP contribution in [0.25, 0.3) is 0 Å². The predicted molar refractivity (Wildman–Crippen MR) is 53.5 cm³/mol. The normalized spacial score (nSPS) is 12.1. The van der Waals surface area contributed by atoms with Crippen LogP contribution in [0.5, 0.6) is 0 Å². The minimum Gasteiger partial charge on any atom is -0.481 e. The Labute approximate surface area is 91.3 Å². The maximum atomic E-state index is 13.2. The van der Waals surface area contributed by atoms with Gasteiger partial charge in [-0.3, -0.25) is 9.59 Å². The zero-order valence-corrected chi connectivity index (χ0v) is 8.39. The molecule has 0 radical (unpaired) electrons. The third-order valence-corrected chi connectivity index (χ3v) is 2.19. The van der Waals surface area contributed by atoms with Gasteiger partial charge in [0.25, 0.3) is 0 Å². The number of aliphatic carboxylic acids is 2. The van der Waals surface area contributed by atoms with Gasteiger partial charge in [0.15, 0.2) is 0 Å². The summed E-state index contributed by atoms with van der Waals surface area (Å²) in [4.78, 5) is 21.2. The molecule has 0 aliphatic rings. The van der Waals surface area contributed by atoms with E-state index in [2.05, 4.69) is 0 Å². The van der Waals surface area contributed by atoms with Crippen molar-refractivity contribution in [2.45, 2.75) is 12.8 Å². The van der Waals surface area contributed by atoms with Gasteiger partial charge in [-0.2, -0.15) is 0 Å². The Balaban J connectivity index is 2.80. The number of carboxylic acids is 2. The van der Waals surface area contributed by atoms with Gasteiger partial charge in [0.2, 0.25) is 0 Å². The molecular formula is C11H11FO4. The molecule has 86 valence electrons. The Kier molecular flexibility index (Phi) is 3.99. The average molecular weight is 226 g/mol. The molecule has 0 amide bonds. The van der Waals surface area contributed by atoms with Crippen LogP contribution in [0.4, 0.5) is 4.39 Å². The molecule has 0 bridgehead atoms. The third kappa shape index (κ3) is 3.34. The van der Waals surface area contributed by atoms with Crippen molar-refractivity contribution in [1.29, 1.82) is 0 Å². The number of halogens is 1. The molecule has 0 saturated carbocycles. The van der Waals surface area contributed by atoms with E-state index in [4.69, 9.17) is 10.2 Å². The first-order valence-electron chi connectivity index (χ1n) is 4.68. The van der Waals surface area contributed by atoms with Gasteiger partial charge in [-0.05, 0) is 18.1 Å². The van der Waals surface area contributed by atoms with Crippen molar-refractivity contribution >= 4 is 11.9 Å². The highest BCUT2D eigenvalue weighted by Gasteiger charge is 2.22. The summed E-state index contributed by atoms with van der Waals surface area (Å²) in [5.74, 6) is -4.05. The lowest BCUT2D eigenvalue weighted by atomic mass is 9.96. The van der Waals surface area contributed by atoms with E-state index in [-0.39, 0.29) is 12.0 Å². The lowest BCUT2D eigenvalue weighted by Gasteiger charge is -2.10. The molecule has 0 aliphatic heterocycles. The van der Waals surface area contributed by atoms with Gasteiger partial charge in [-0.1, -0.05) is 18.2 Å². The molecule has 0 aromatic heterocycles. The molecule has 1 rings (SSSR count). The number of benzene rings is 1. The largest absolute Gasteiger partial charge is 0.481 e. The third-order valence-electron chi connectivity index (χ3n) is 2.19. The van der Waals surface area contributed by atoms with Crippen molar-refractivity contribution in [2.24, 2.45) is 5.92 Å². The lowest BCUT2D eigenvalue weighted by Crippen LogP contribution is -2.20. The van der Waals surface area contributed by atoms with E-state index < -0.39 is 30.1 Å². The van der Waals surface area contributed by atoms with E-state index in [1.165, 1.54) is 18.2 Å². The van der Waals surface area contributed by atoms with Gasteiger partial charge in [-0.25, -0.2) is 4.39 Å². The monoisotopic (exact) mass is 226 g/mol. The quantitative estimate of drug-likeness (QED) is 0.798. The van der Waals surface area contributed by atoms with E-state index >= 15 is 0 Å². The maximum absolute atomic E-state index is 13.2. The maximum Gasteiger partial charge on any atom is 0.307 e. The molecule has 16 heavy (non-hydrogen) atoms. The number of rotatable bonds is 5. The van der Waals surface area contributed by atoms with E-state index in [1.54, 1.807) is 6.07 Å². The summed E-state index contributed by atoms with van der Waals surface area (Å²) in [6.07, 6.45) is -0.627. The molecule has 0 saturated heterocycles. The van der Waals surface area contributed by atoms with Gasteiger partial charge >= 0.3 is 11.9 Å². The molecule has 4 nitrogen and oxygen atoms in total. The predicted octanol–water partition coefficient (Wildman–Crippen LogP) is 1.54. The van der Waals surface area contributed by atoms with Crippen LogP contribution in [0.3, 0.4) is 0 Å². The van der Waals surface area contributed by atoms with Crippen molar-refractivity contribution in [3.05, 3.63) is 35.6 Å². The van der Waals surface area contributed by atoms with Crippen molar-refractivity contribution in [3.63, 3.8) is 0 Å². The second-order valence-electron chi connectivity index (χ2n) is 3.43. The molecule has 0 spiro atoms. The second kappa shape index (κ2) is 5.25. The van der Waals surface area contributed by atoms with Crippen LogP contribution < -0.4 is 0 Å². The summed E-state index contributed by atoms with van der Waals surface area (Å²) in [5, 5.41) is 17.3. The van der Waals surface area contributed by atoms with Crippen molar-refractivity contribution < 1.29 is 24.2 Å². The summed E-state index contributed by atoms with van der Waals surface area (Å²) in [5.41, 5.74) is 0.219. The van der Waals surface area contributed by atoms with E-state index in [9.17, 15) is 14.0 Å².